The van der Waals surface area contributed by atoms with E-state index in [0.29, 0.717) is 6.54 Å². The first-order chi connectivity index (χ1) is 7.93. The van der Waals surface area contributed by atoms with Crippen LogP contribution in [0.2, 0.25) is 0 Å². The molecule has 3 N–H and O–H groups in total. The van der Waals surface area contributed by atoms with Crippen LogP contribution in [0.15, 0.2) is 12.7 Å². The number of rotatable bonds is 7. The molecule has 0 saturated carbocycles. The molecule has 6 nitrogen and oxygen atoms in total. The third kappa shape index (κ3) is 5.35. The number of aliphatic carboxylic acids is 1. The van der Waals surface area contributed by atoms with Gasteiger partial charge in [-0.2, -0.15) is 0 Å². The molecular formula is C11H20N2O4. The maximum Gasteiger partial charge on any atom is 0.326 e. The summed E-state index contributed by atoms with van der Waals surface area (Å²) in [7, 11) is 0. The largest absolute Gasteiger partial charge is 0.480 e. The zero-order valence-corrected chi connectivity index (χ0v) is 10.2. The lowest BCUT2D eigenvalue weighted by atomic mass is 10.2. The molecule has 0 radical (unpaired) electrons. The molecule has 0 saturated heterocycles. The van der Waals surface area contributed by atoms with E-state index < -0.39 is 18.0 Å². The van der Waals surface area contributed by atoms with E-state index in [1.807, 2.05) is 13.8 Å². The third-order valence-electron chi connectivity index (χ3n) is 2.22. The van der Waals surface area contributed by atoms with Crippen LogP contribution < -0.4 is 5.32 Å². The van der Waals surface area contributed by atoms with Crippen molar-refractivity contribution >= 4 is 12.0 Å². The lowest BCUT2D eigenvalue weighted by molar-refractivity contribution is -0.139. The summed E-state index contributed by atoms with van der Waals surface area (Å²) in [5, 5.41) is 19.9. The molecule has 6 heteroatoms. The maximum absolute atomic E-state index is 11.8. The van der Waals surface area contributed by atoms with Crippen LogP contribution in [0.25, 0.3) is 0 Å². The number of urea groups is 1. The van der Waals surface area contributed by atoms with Crippen molar-refractivity contribution in [2.45, 2.75) is 32.4 Å². The second-order valence-electron chi connectivity index (χ2n) is 3.89. The molecule has 0 heterocycles. The first-order valence-electron chi connectivity index (χ1n) is 5.45. The lowest BCUT2D eigenvalue weighted by Gasteiger charge is -2.27. The Bertz CT molecular complexity index is 279. The third-order valence-corrected chi connectivity index (χ3v) is 2.22. The van der Waals surface area contributed by atoms with E-state index in [2.05, 4.69) is 11.9 Å². The molecule has 0 aliphatic carbocycles. The normalized spacial score (nSPS) is 12.0. The summed E-state index contributed by atoms with van der Waals surface area (Å²) in [4.78, 5) is 24.1. The molecule has 0 aromatic heterocycles. The number of aliphatic hydroxyl groups excluding tert-OH is 1. The summed E-state index contributed by atoms with van der Waals surface area (Å²) in [6.07, 6.45) is 1.56. The fourth-order valence-electron chi connectivity index (χ4n) is 1.29. The van der Waals surface area contributed by atoms with Crippen LogP contribution in [-0.2, 0) is 4.79 Å². The number of carbonyl (C=O) groups is 2. The SMILES string of the molecule is C=CCN(C(=O)N[C@@H](CCO)C(=O)O)C(C)C. The van der Waals surface area contributed by atoms with Crippen molar-refractivity contribution < 1.29 is 19.8 Å². The Hall–Kier alpha value is -1.56. The lowest BCUT2D eigenvalue weighted by Crippen LogP contribution is -2.50. The minimum Gasteiger partial charge on any atom is -0.480 e. The van der Waals surface area contributed by atoms with Gasteiger partial charge in [0.15, 0.2) is 0 Å². The predicted octanol–water partition coefficient (Wildman–Crippen LogP) is 0.428. The molecule has 17 heavy (non-hydrogen) atoms. The second kappa shape index (κ2) is 7.67. The molecule has 98 valence electrons. The Kier molecular flexibility index (Phi) is 6.97. The van der Waals surface area contributed by atoms with E-state index in [0.717, 1.165) is 0 Å². The Balaban J connectivity index is 4.55. The molecule has 0 rings (SSSR count). The highest BCUT2D eigenvalue weighted by Crippen LogP contribution is 2.01. The van der Waals surface area contributed by atoms with Crippen molar-refractivity contribution in [1.82, 2.24) is 10.2 Å². The van der Waals surface area contributed by atoms with Gasteiger partial charge in [0.1, 0.15) is 6.04 Å². The average Bonchev–Trinajstić information content (AvgIpc) is 2.24. The van der Waals surface area contributed by atoms with Gasteiger partial charge in [0.05, 0.1) is 0 Å². The zero-order chi connectivity index (χ0) is 13.4. The van der Waals surface area contributed by atoms with Gasteiger partial charge >= 0.3 is 12.0 Å². The molecule has 1 atom stereocenters. The number of carbonyl (C=O) groups excluding carboxylic acids is 1. The standard InChI is InChI=1S/C11H20N2O4/c1-4-6-13(8(2)3)11(17)12-9(5-7-14)10(15)16/h4,8-9,14H,1,5-7H2,2-3H3,(H,12,17)(H,15,16)/t9-/m0/s1. The van der Waals surface area contributed by atoms with Crippen molar-refractivity contribution in [1.29, 1.82) is 0 Å². The van der Waals surface area contributed by atoms with Crippen molar-refractivity contribution in [3.8, 4) is 0 Å². The van der Waals surface area contributed by atoms with Crippen LogP contribution in [0, 0.1) is 0 Å². The number of hydrogen-bond acceptors (Lipinski definition) is 3. The van der Waals surface area contributed by atoms with Crippen molar-refractivity contribution in [3.05, 3.63) is 12.7 Å². The Morgan fingerprint density at radius 1 is 1.47 bits per heavy atom. The van der Waals surface area contributed by atoms with E-state index in [1.54, 1.807) is 6.08 Å². The molecule has 0 unspecified atom stereocenters. The van der Waals surface area contributed by atoms with Gasteiger partial charge < -0.3 is 20.4 Å². The van der Waals surface area contributed by atoms with E-state index in [-0.39, 0.29) is 19.1 Å². The fourth-order valence-corrected chi connectivity index (χ4v) is 1.29. The van der Waals surface area contributed by atoms with Crippen molar-refractivity contribution in [2.24, 2.45) is 0 Å². The number of amides is 2. The van der Waals surface area contributed by atoms with Gasteiger partial charge in [0.25, 0.3) is 0 Å². The van der Waals surface area contributed by atoms with Crippen LogP contribution in [0.1, 0.15) is 20.3 Å². The van der Waals surface area contributed by atoms with E-state index in [9.17, 15) is 9.59 Å². The first-order valence-corrected chi connectivity index (χ1v) is 5.45. The highest BCUT2D eigenvalue weighted by atomic mass is 16.4. The first kappa shape index (κ1) is 15.4. The zero-order valence-electron chi connectivity index (χ0n) is 10.2. The Morgan fingerprint density at radius 2 is 2.06 bits per heavy atom. The van der Waals surface area contributed by atoms with Crippen LogP contribution in [0.4, 0.5) is 4.79 Å². The van der Waals surface area contributed by atoms with E-state index in [1.165, 1.54) is 4.90 Å². The molecule has 2 amide bonds. The van der Waals surface area contributed by atoms with Gasteiger partial charge in [0.2, 0.25) is 0 Å². The summed E-state index contributed by atoms with van der Waals surface area (Å²) in [5.41, 5.74) is 0. The molecule has 0 spiro atoms. The van der Waals surface area contributed by atoms with E-state index in [4.69, 9.17) is 10.2 Å². The van der Waals surface area contributed by atoms with Gasteiger partial charge in [-0.05, 0) is 13.8 Å². The number of hydrogen-bond donors (Lipinski definition) is 3. The number of carboxylic acid groups (broad SMARTS) is 1. The number of carboxylic acids is 1. The quantitative estimate of drug-likeness (QED) is 0.566. The fraction of sp³-hybridized carbons (Fsp3) is 0.636. The monoisotopic (exact) mass is 244 g/mol. The van der Waals surface area contributed by atoms with Crippen LogP contribution in [-0.4, -0.2) is 52.3 Å². The summed E-state index contributed by atoms with van der Waals surface area (Å²) in [6.45, 7) is 7.24. The summed E-state index contributed by atoms with van der Waals surface area (Å²) < 4.78 is 0. The average molecular weight is 244 g/mol. The van der Waals surface area contributed by atoms with Gasteiger partial charge in [-0.15, -0.1) is 6.58 Å². The number of nitrogens with zero attached hydrogens (tertiary/aromatic N) is 1. The number of nitrogens with one attached hydrogen (secondary N) is 1. The minimum atomic E-state index is -1.16. The number of aliphatic hydroxyl groups is 1. The minimum absolute atomic E-state index is 0.0128. The molecular weight excluding hydrogens is 224 g/mol. The molecule has 0 aliphatic rings. The topological polar surface area (TPSA) is 89.9 Å². The summed E-state index contributed by atoms with van der Waals surface area (Å²) in [6, 6.07) is -1.60. The Labute approximate surface area is 101 Å². The maximum atomic E-state index is 11.8. The van der Waals surface area contributed by atoms with Crippen LogP contribution in [0.5, 0.6) is 0 Å². The smallest absolute Gasteiger partial charge is 0.326 e. The van der Waals surface area contributed by atoms with E-state index >= 15 is 0 Å². The molecule has 0 fully saturated rings. The van der Waals surface area contributed by atoms with Gasteiger partial charge in [-0.3, -0.25) is 0 Å². The highest BCUT2D eigenvalue weighted by molar-refractivity contribution is 5.82. The molecule has 0 aromatic rings. The highest BCUT2D eigenvalue weighted by Gasteiger charge is 2.23. The van der Waals surface area contributed by atoms with Gasteiger partial charge in [-0.1, -0.05) is 6.08 Å². The summed E-state index contributed by atoms with van der Waals surface area (Å²) in [5.74, 6) is -1.16. The van der Waals surface area contributed by atoms with Crippen LogP contribution in [0.3, 0.4) is 0 Å². The van der Waals surface area contributed by atoms with Gasteiger partial charge in [0, 0.05) is 25.6 Å². The molecule has 0 aliphatic heterocycles. The predicted molar refractivity (Wildman–Crippen MR) is 63.7 cm³/mol. The second-order valence-corrected chi connectivity index (χ2v) is 3.89. The van der Waals surface area contributed by atoms with Crippen molar-refractivity contribution in [2.75, 3.05) is 13.2 Å². The Morgan fingerprint density at radius 3 is 2.41 bits per heavy atom. The van der Waals surface area contributed by atoms with Gasteiger partial charge in [-0.25, -0.2) is 9.59 Å². The van der Waals surface area contributed by atoms with Crippen molar-refractivity contribution in [3.63, 3.8) is 0 Å². The molecule has 0 bridgehead atoms. The summed E-state index contributed by atoms with van der Waals surface area (Å²) >= 11 is 0. The van der Waals surface area contributed by atoms with Crippen LogP contribution >= 0.6 is 0 Å². The molecule has 0 aromatic carbocycles.